The lowest BCUT2D eigenvalue weighted by molar-refractivity contribution is -0.0771. The fourth-order valence-corrected chi connectivity index (χ4v) is 4.07. The Balaban J connectivity index is 1.70. The molecule has 0 radical (unpaired) electrons. The molecule has 8 nitrogen and oxygen atoms in total. The lowest BCUT2D eigenvalue weighted by atomic mass is 9.83. The van der Waals surface area contributed by atoms with Crippen LogP contribution in [0.4, 0.5) is 0 Å². The van der Waals surface area contributed by atoms with Crippen molar-refractivity contribution in [3.05, 3.63) is 35.2 Å². The van der Waals surface area contributed by atoms with E-state index in [-0.39, 0.29) is 17.6 Å². The van der Waals surface area contributed by atoms with Gasteiger partial charge in [0.05, 0.1) is 30.7 Å². The summed E-state index contributed by atoms with van der Waals surface area (Å²) in [5, 5.41) is 10.6. The number of carbonyl (C=O) groups is 1. The van der Waals surface area contributed by atoms with Crippen molar-refractivity contribution in [3.63, 3.8) is 0 Å². The third kappa shape index (κ3) is 5.99. The van der Waals surface area contributed by atoms with Crippen molar-refractivity contribution in [2.45, 2.75) is 77.2 Å². The smallest absolute Gasteiger partial charge is 0.253 e. The lowest BCUT2D eigenvalue weighted by Gasteiger charge is -2.45. The Kier molecular flexibility index (Phi) is 7.26. The molecule has 1 saturated heterocycles. The summed E-state index contributed by atoms with van der Waals surface area (Å²) in [7, 11) is 1.56. The van der Waals surface area contributed by atoms with E-state index in [1.54, 1.807) is 31.5 Å². The summed E-state index contributed by atoms with van der Waals surface area (Å²) in [6.45, 7) is 10.9. The summed E-state index contributed by atoms with van der Waals surface area (Å²) in [5.41, 5.74) is 6.10. The van der Waals surface area contributed by atoms with Gasteiger partial charge in [-0.15, -0.1) is 0 Å². The third-order valence-corrected chi connectivity index (χ3v) is 5.84. The maximum atomic E-state index is 13.2. The molecule has 8 heteroatoms. The van der Waals surface area contributed by atoms with Crippen LogP contribution in [0.1, 0.15) is 64.2 Å². The SMILES string of the molecule is COc1cc(C(=O)N2CCC3(CC2)CC(O)C(N)=C(C=NC(C)(C)C)O3)ccc1OC(C)C. The van der Waals surface area contributed by atoms with Crippen LogP contribution < -0.4 is 15.2 Å². The van der Waals surface area contributed by atoms with Gasteiger partial charge in [0.25, 0.3) is 5.91 Å². The number of aliphatic hydroxyl groups excluding tert-OH is 1. The Morgan fingerprint density at radius 3 is 2.55 bits per heavy atom. The van der Waals surface area contributed by atoms with Crippen LogP contribution in [-0.4, -0.2) is 65.7 Å². The molecular weight excluding hydrogens is 422 g/mol. The van der Waals surface area contributed by atoms with Crippen LogP contribution in [0.25, 0.3) is 0 Å². The predicted molar refractivity (Wildman–Crippen MR) is 128 cm³/mol. The summed E-state index contributed by atoms with van der Waals surface area (Å²) >= 11 is 0. The van der Waals surface area contributed by atoms with Crippen molar-refractivity contribution < 1.29 is 24.1 Å². The van der Waals surface area contributed by atoms with E-state index in [0.29, 0.717) is 60.9 Å². The number of aliphatic hydroxyl groups is 1. The van der Waals surface area contributed by atoms with Crippen LogP contribution >= 0.6 is 0 Å². The Hall–Kier alpha value is -2.74. The first kappa shape index (κ1) is 24.9. The van der Waals surface area contributed by atoms with Gasteiger partial charge >= 0.3 is 0 Å². The number of benzene rings is 1. The number of methoxy groups -OCH3 is 1. The highest BCUT2D eigenvalue weighted by Gasteiger charge is 2.44. The number of allylic oxidation sites excluding steroid dienone is 1. The van der Waals surface area contributed by atoms with Crippen LogP contribution in [0.2, 0.25) is 0 Å². The summed E-state index contributed by atoms with van der Waals surface area (Å²) in [4.78, 5) is 19.4. The van der Waals surface area contributed by atoms with Crippen molar-refractivity contribution in [2.24, 2.45) is 10.7 Å². The van der Waals surface area contributed by atoms with E-state index >= 15 is 0 Å². The van der Waals surface area contributed by atoms with Crippen LogP contribution in [-0.2, 0) is 4.74 Å². The van der Waals surface area contributed by atoms with Gasteiger partial charge in [-0.1, -0.05) is 0 Å². The van der Waals surface area contributed by atoms with E-state index in [0.717, 1.165) is 0 Å². The van der Waals surface area contributed by atoms with Gasteiger partial charge < -0.3 is 30.0 Å². The number of likely N-dealkylation sites (tertiary alicyclic amines) is 1. The maximum absolute atomic E-state index is 13.2. The van der Waals surface area contributed by atoms with E-state index in [1.165, 1.54) is 0 Å². The molecule has 1 aromatic rings. The number of amides is 1. The van der Waals surface area contributed by atoms with Crippen LogP contribution in [0.15, 0.2) is 34.6 Å². The van der Waals surface area contributed by atoms with Gasteiger partial charge in [-0.25, -0.2) is 0 Å². The number of ether oxygens (including phenoxy) is 3. The average Bonchev–Trinajstić information content (AvgIpc) is 2.75. The first-order valence-corrected chi connectivity index (χ1v) is 11.5. The van der Waals surface area contributed by atoms with Gasteiger partial charge in [-0.3, -0.25) is 9.79 Å². The summed E-state index contributed by atoms with van der Waals surface area (Å²) < 4.78 is 17.5. The molecular formula is C25H37N3O5. The fourth-order valence-electron chi connectivity index (χ4n) is 4.07. The number of hydrogen-bond donors (Lipinski definition) is 2. The summed E-state index contributed by atoms with van der Waals surface area (Å²) in [5.74, 6) is 1.50. The molecule has 1 unspecified atom stereocenters. The largest absolute Gasteiger partial charge is 0.493 e. The number of hydrogen-bond acceptors (Lipinski definition) is 7. The third-order valence-electron chi connectivity index (χ3n) is 5.84. The molecule has 2 aliphatic heterocycles. The summed E-state index contributed by atoms with van der Waals surface area (Å²) in [6.07, 6.45) is 2.43. The summed E-state index contributed by atoms with van der Waals surface area (Å²) in [6, 6.07) is 5.25. The number of nitrogens with two attached hydrogens (primary N) is 1. The number of aliphatic imine (C=N–C) groups is 1. The maximum Gasteiger partial charge on any atom is 0.253 e. The normalized spacial score (nSPS) is 21.0. The standard InChI is InChI=1S/C25H37N3O5/c1-16(2)32-19-8-7-17(13-20(19)31-6)23(30)28-11-9-25(10-12-28)14-18(29)22(26)21(33-25)15-27-24(3,4)5/h7-8,13,15-16,18,29H,9-12,14,26H2,1-6H3. The van der Waals surface area contributed by atoms with E-state index < -0.39 is 11.7 Å². The van der Waals surface area contributed by atoms with Gasteiger partial charge in [-0.2, -0.15) is 0 Å². The highest BCUT2D eigenvalue weighted by molar-refractivity contribution is 5.95. The van der Waals surface area contributed by atoms with Gasteiger partial charge in [0, 0.05) is 37.9 Å². The van der Waals surface area contributed by atoms with Gasteiger partial charge in [0.2, 0.25) is 0 Å². The minimum Gasteiger partial charge on any atom is -0.493 e. The molecule has 2 heterocycles. The van der Waals surface area contributed by atoms with Crippen molar-refractivity contribution in [1.29, 1.82) is 0 Å². The monoisotopic (exact) mass is 459 g/mol. The molecule has 3 N–H and O–H groups in total. The molecule has 2 aliphatic rings. The van der Waals surface area contributed by atoms with Crippen LogP contribution in [0.3, 0.4) is 0 Å². The minimum absolute atomic E-state index is 0.00556. The van der Waals surface area contributed by atoms with Crippen molar-refractivity contribution in [3.8, 4) is 11.5 Å². The number of carbonyl (C=O) groups excluding carboxylic acids is 1. The number of rotatable bonds is 5. The second-order valence-electron chi connectivity index (χ2n) is 10.1. The van der Waals surface area contributed by atoms with E-state index in [1.807, 2.05) is 39.5 Å². The minimum atomic E-state index is -0.791. The fraction of sp³-hybridized carbons (Fsp3) is 0.600. The second-order valence-corrected chi connectivity index (χ2v) is 10.1. The first-order valence-electron chi connectivity index (χ1n) is 11.5. The van der Waals surface area contributed by atoms with E-state index in [2.05, 4.69) is 4.99 Å². The molecule has 1 fully saturated rings. The molecule has 0 bridgehead atoms. The molecule has 182 valence electrons. The van der Waals surface area contributed by atoms with Crippen LogP contribution in [0.5, 0.6) is 11.5 Å². The Labute approximate surface area is 196 Å². The predicted octanol–water partition coefficient (Wildman–Crippen LogP) is 3.28. The zero-order chi connectivity index (χ0) is 24.4. The Morgan fingerprint density at radius 2 is 1.97 bits per heavy atom. The molecule has 33 heavy (non-hydrogen) atoms. The lowest BCUT2D eigenvalue weighted by Crippen LogP contribution is -2.52. The first-order chi connectivity index (χ1) is 15.4. The van der Waals surface area contributed by atoms with Gasteiger partial charge in [0.15, 0.2) is 17.3 Å². The molecule has 1 amide bonds. The topological polar surface area (TPSA) is 107 Å². The van der Waals surface area contributed by atoms with Crippen molar-refractivity contribution in [2.75, 3.05) is 20.2 Å². The van der Waals surface area contributed by atoms with Gasteiger partial charge in [-0.05, 0) is 52.8 Å². The zero-order valence-corrected chi connectivity index (χ0v) is 20.6. The van der Waals surface area contributed by atoms with Crippen molar-refractivity contribution >= 4 is 12.1 Å². The number of piperidine rings is 1. The molecule has 0 aromatic heterocycles. The number of nitrogens with zero attached hydrogens (tertiary/aromatic N) is 2. The van der Waals surface area contributed by atoms with Gasteiger partial charge in [0.1, 0.15) is 11.7 Å². The highest BCUT2D eigenvalue weighted by Crippen LogP contribution is 2.38. The Bertz CT molecular complexity index is 924. The molecule has 0 aliphatic carbocycles. The zero-order valence-electron chi connectivity index (χ0n) is 20.6. The molecule has 0 saturated carbocycles. The van der Waals surface area contributed by atoms with Crippen molar-refractivity contribution in [1.82, 2.24) is 4.90 Å². The molecule has 3 rings (SSSR count). The molecule has 1 atom stereocenters. The molecule has 1 aromatic carbocycles. The van der Waals surface area contributed by atoms with Crippen LogP contribution in [0, 0.1) is 0 Å². The highest BCUT2D eigenvalue weighted by atomic mass is 16.5. The quantitative estimate of drug-likeness (QED) is 0.655. The van der Waals surface area contributed by atoms with E-state index in [9.17, 15) is 9.90 Å². The van der Waals surface area contributed by atoms with E-state index in [4.69, 9.17) is 19.9 Å². The Morgan fingerprint density at radius 1 is 1.30 bits per heavy atom. The second kappa shape index (κ2) is 9.63. The average molecular weight is 460 g/mol. The molecule has 1 spiro atoms.